The number of phenols is 1. The van der Waals surface area contributed by atoms with Crippen LogP contribution in [0.1, 0.15) is 32.8 Å². The highest BCUT2D eigenvalue weighted by Crippen LogP contribution is 2.51. The largest absolute Gasteiger partial charge is 0.502 e. The molecule has 1 fully saturated rings. The highest BCUT2D eigenvalue weighted by molar-refractivity contribution is 5.79. The molecule has 0 saturated heterocycles. The summed E-state index contributed by atoms with van der Waals surface area (Å²) in [5, 5.41) is 13.0. The number of methoxy groups -OCH3 is 3. The first-order chi connectivity index (χ1) is 11.2. The van der Waals surface area contributed by atoms with Crippen LogP contribution in [0.4, 0.5) is 0 Å². The third-order valence-electron chi connectivity index (χ3n) is 5.52. The number of ether oxygens (including phenoxy) is 3. The summed E-state index contributed by atoms with van der Waals surface area (Å²) in [6.07, 6.45) is 0.966. The molecule has 1 amide bonds. The molecule has 2 atom stereocenters. The zero-order chi connectivity index (χ0) is 18.1. The standard InChI is InChI=1S/C18H27NO5/c1-17(2)14(10-18(17,3)24-6)19-15(20)9-11-7-12(22-4)16(21)13(8-11)23-5/h7-8,14,21H,9-10H2,1-6H3,(H,19,20). The van der Waals surface area contributed by atoms with Crippen molar-refractivity contribution >= 4 is 5.91 Å². The van der Waals surface area contributed by atoms with E-state index in [2.05, 4.69) is 26.1 Å². The van der Waals surface area contributed by atoms with Gasteiger partial charge in [0.1, 0.15) is 0 Å². The lowest BCUT2D eigenvalue weighted by atomic mass is 9.56. The lowest BCUT2D eigenvalue weighted by molar-refractivity contribution is -0.182. The second-order valence-corrected chi connectivity index (χ2v) is 7.01. The number of aromatic hydroxyl groups is 1. The van der Waals surface area contributed by atoms with Gasteiger partial charge in [0.15, 0.2) is 11.5 Å². The third kappa shape index (κ3) is 3.02. The van der Waals surface area contributed by atoms with Crippen LogP contribution in [0.3, 0.4) is 0 Å². The van der Waals surface area contributed by atoms with Gasteiger partial charge >= 0.3 is 0 Å². The van der Waals surface area contributed by atoms with Crippen molar-refractivity contribution in [3.05, 3.63) is 17.7 Å². The molecular formula is C18H27NO5. The van der Waals surface area contributed by atoms with Crippen molar-refractivity contribution in [2.24, 2.45) is 5.41 Å². The van der Waals surface area contributed by atoms with E-state index in [1.54, 1.807) is 19.2 Å². The van der Waals surface area contributed by atoms with Crippen LogP contribution < -0.4 is 14.8 Å². The van der Waals surface area contributed by atoms with Crippen LogP contribution in [0.15, 0.2) is 12.1 Å². The molecule has 2 rings (SSSR count). The first-order valence-electron chi connectivity index (χ1n) is 7.97. The molecule has 0 spiro atoms. The van der Waals surface area contributed by atoms with Gasteiger partial charge in [-0.15, -0.1) is 0 Å². The van der Waals surface area contributed by atoms with E-state index in [0.29, 0.717) is 5.56 Å². The fourth-order valence-corrected chi connectivity index (χ4v) is 3.20. The number of hydrogen-bond donors (Lipinski definition) is 2. The molecule has 134 valence electrons. The second kappa shape index (κ2) is 6.51. The predicted octanol–water partition coefficient (Wildman–Crippen LogP) is 2.27. The van der Waals surface area contributed by atoms with Gasteiger partial charge < -0.3 is 24.6 Å². The zero-order valence-electron chi connectivity index (χ0n) is 15.2. The maximum absolute atomic E-state index is 12.4. The molecule has 0 heterocycles. The summed E-state index contributed by atoms with van der Waals surface area (Å²) in [6, 6.07) is 3.35. The quantitative estimate of drug-likeness (QED) is 0.833. The highest BCUT2D eigenvalue weighted by atomic mass is 16.5. The van der Waals surface area contributed by atoms with Crippen LogP contribution in [0.5, 0.6) is 17.2 Å². The van der Waals surface area contributed by atoms with Crippen molar-refractivity contribution in [3.8, 4) is 17.2 Å². The van der Waals surface area contributed by atoms with Crippen LogP contribution in [-0.4, -0.2) is 44.0 Å². The highest BCUT2D eigenvalue weighted by Gasteiger charge is 2.58. The van der Waals surface area contributed by atoms with Crippen molar-refractivity contribution in [3.63, 3.8) is 0 Å². The van der Waals surface area contributed by atoms with Gasteiger partial charge in [0.2, 0.25) is 11.7 Å². The topological polar surface area (TPSA) is 77.0 Å². The van der Waals surface area contributed by atoms with Gasteiger partial charge in [0.25, 0.3) is 0 Å². The molecule has 24 heavy (non-hydrogen) atoms. The Morgan fingerprint density at radius 3 is 2.17 bits per heavy atom. The Kier molecular flexibility index (Phi) is 4.99. The molecule has 1 saturated carbocycles. The summed E-state index contributed by atoms with van der Waals surface area (Å²) in [7, 11) is 4.62. The summed E-state index contributed by atoms with van der Waals surface area (Å²) in [5.41, 5.74) is 0.350. The maximum Gasteiger partial charge on any atom is 0.224 e. The Labute approximate surface area is 143 Å². The number of amides is 1. The number of phenolic OH excluding ortho intramolecular Hbond substituents is 1. The second-order valence-electron chi connectivity index (χ2n) is 7.01. The lowest BCUT2D eigenvalue weighted by Crippen LogP contribution is -2.68. The fourth-order valence-electron chi connectivity index (χ4n) is 3.20. The van der Waals surface area contributed by atoms with Gasteiger partial charge in [-0.05, 0) is 31.0 Å². The van der Waals surface area contributed by atoms with Gasteiger partial charge in [0.05, 0.1) is 26.2 Å². The average Bonchev–Trinajstić information content (AvgIpc) is 2.55. The number of benzene rings is 1. The van der Waals surface area contributed by atoms with E-state index in [1.807, 2.05) is 0 Å². The first kappa shape index (κ1) is 18.4. The molecule has 0 aromatic heterocycles. The third-order valence-corrected chi connectivity index (χ3v) is 5.52. The number of nitrogens with one attached hydrogen (secondary N) is 1. The van der Waals surface area contributed by atoms with Crippen molar-refractivity contribution in [2.45, 2.75) is 45.3 Å². The van der Waals surface area contributed by atoms with Crippen LogP contribution in [0.25, 0.3) is 0 Å². The minimum absolute atomic E-state index is 0.0656. The average molecular weight is 337 g/mol. The molecule has 1 aliphatic carbocycles. The maximum atomic E-state index is 12.4. The van der Waals surface area contributed by atoms with Crippen molar-refractivity contribution in [1.82, 2.24) is 5.32 Å². The molecule has 6 nitrogen and oxygen atoms in total. The van der Waals surface area contributed by atoms with Crippen molar-refractivity contribution < 1.29 is 24.1 Å². The molecule has 0 radical (unpaired) electrons. The normalized spacial score (nSPS) is 24.8. The summed E-state index contributed by atoms with van der Waals surface area (Å²) >= 11 is 0. The van der Waals surface area contributed by atoms with Crippen LogP contribution in [0.2, 0.25) is 0 Å². The van der Waals surface area contributed by atoms with Crippen LogP contribution in [-0.2, 0) is 16.0 Å². The van der Waals surface area contributed by atoms with Crippen molar-refractivity contribution in [1.29, 1.82) is 0 Å². The molecule has 2 unspecified atom stereocenters. The van der Waals surface area contributed by atoms with Crippen LogP contribution in [0, 0.1) is 5.41 Å². The Balaban J connectivity index is 2.06. The van der Waals surface area contributed by atoms with E-state index in [4.69, 9.17) is 14.2 Å². The van der Waals surface area contributed by atoms with E-state index in [9.17, 15) is 9.90 Å². The molecule has 1 aromatic rings. The first-order valence-corrected chi connectivity index (χ1v) is 7.97. The summed E-state index contributed by atoms with van der Waals surface area (Å²) in [4.78, 5) is 12.4. The van der Waals surface area contributed by atoms with E-state index < -0.39 is 0 Å². The molecule has 1 aliphatic rings. The number of hydrogen-bond acceptors (Lipinski definition) is 5. The Hall–Kier alpha value is -1.95. The monoisotopic (exact) mass is 337 g/mol. The molecule has 1 aromatic carbocycles. The fraction of sp³-hybridized carbons (Fsp3) is 0.611. The molecule has 0 bridgehead atoms. The minimum atomic E-state index is -0.226. The van der Waals surface area contributed by atoms with E-state index in [-0.39, 0.29) is 46.6 Å². The summed E-state index contributed by atoms with van der Waals surface area (Å²) < 4.78 is 15.8. The molecule has 2 N–H and O–H groups in total. The smallest absolute Gasteiger partial charge is 0.224 e. The summed E-state index contributed by atoms with van der Waals surface area (Å²) in [6.45, 7) is 6.25. The SMILES string of the molecule is COc1cc(CC(=O)NC2CC(C)(OC)C2(C)C)cc(OC)c1O. The van der Waals surface area contributed by atoms with Gasteiger partial charge in [-0.1, -0.05) is 13.8 Å². The van der Waals surface area contributed by atoms with Gasteiger partial charge in [-0.3, -0.25) is 4.79 Å². The van der Waals surface area contributed by atoms with E-state index >= 15 is 0 Å². The number of carbonyl (C=O) groups is 1. The number of carbonyl (C=O) groups excluding carboxylic acids is 1. The predicted molar refractivity (Wildman–Crippen MR) is 90.7 cm³/mol. The molecule has 6 heteroatoms. The zero-order valence-corrected chi connectivity index (χ0v) is 15.2. The molecule has 0 aliphatic heterocycles. The van der Waals surface area contributed by atoms with Crippen LogP contribution >= 0.6 is 0 Å². The van der Waals surface area contributed by atoms with Gasteiger partial charge in [-0.2, -0.15) is 0 Å². The number of rotatable bonds is 6. The lowest BCUT2D eigenvalue weighted by Gasteiger charge is -2.59. The Morgan fingerprint density at radius 2 is 1.75 bits per heavy atom. The van der Waals surface area contributed by atoms with E-state index in [1.165, 1.54) is 14.2 Å². The van der Waals surface area contributed by atoms with Gasteiger partial charge in [-0.25, -0.2) is 0 Å². The Bertz CT molecular complexity index is 603. The van der Waals surface area contributed by atoms with E-state index in [0.717, 1.165) is 6.42 Å². The summed E-state index contributed by atoms with van der Waals surface area (Å²) in [5.74, 6) is 0.419. The molecular weight excluding hydrogens is 310 g/mol. The van der Waals surface area contributed by atoms with Crippen molar-refractivity contribution in [2.75, 3.05) is 21.3 Å². The van der Waals surface area contributed by atoms with Gasteiger partial charge in [0, 0.05) is 18.6 Å². The Morgan fingerprint density at radius 1 is 1.21 bits per heavy atom. The minimum Gasteiger partial charge on any atom is -0.502 e.